The number of sulfonamides is 1. The molecule has 4 rings (SSSR count). The molecule has 1 atom stereocenters. The van der Waals surface area contributed by atoms with Crippen LogP contribution in [0.25, 0.3) is 0 Å². The molecule has 2 amide bonds. The van der Waals surface area contributed by atoms with Crippen molar-refractivity contribution in [3.63, 3.8) is 0 Å². The first-order valence-electron chi connectivity index (χ1n) is 12.3. The van der Waals surface area contributed by atoms with Crippen LogP contribution in [0.1, 0.15) is 60.7 Å². The van der Waals surface area contributed by atoms with Crippen LogP contribution in [0, 0.1) is 5.41 Å². The van der Waals surface area contributed by atoms with Gasteiger partial charge in [0.15, 0.2) is 0 Å². The van der Waals surface area contributed by atoms with Crippen molar-refractivity contribution in [1.29, 1.82) is 0 Å². The number of nitrogens with two attached hydrogens (primary N) is 1. The van der Waals surface area contributed by atoms with E-state index < -0.39 is 15.9 Å². The van der Waals surface area contributed by atoms with Crippen LogP contribution in [0.2, 0.25) is 0 Å². The molecule has 2 saturated heterocycles. The first kappa shape index (κ1) is 25.2. The van der Waals surface area contributed by atoms with Crippen molar-refractivity contribution in [1.82, 2.24) is 9.80 Å². The van der Waals surface area contributed by atoms with Gasteiger partial charge in [0, 0.05) is 38.1 Å². The lowest BCUT2D eigenvalue weighted by Gasteiger charge is -2.39. The van der Waals surface area contributed by atoms with Crippen molar-refractivity contribution in [2.45, 2.75) is 40.0 Å². The summed E-state index contributed by atoms with van der Waals surface area (Å²) in [5, 5.41) is 0. The minimum absolute atomic E-state index is 0.0463. The maximum atomic E-state index is 13.3. The predicted molar refractivity (Wildman–Crippen MR) is 137 cm³/mol. The number of dihydropyridines is 1. The summed E-state index contributed by atoms with van der Waals surface area (Å²) in [4.78, 5) is 34.3. The van der Waals surface area contributed by atoms with E-state index in [0.717, 1.165) is 25.2 Å². The zero-order chi connectivity index (χ0) is 25.4. The number of hydrogen-bond donors (Lipinski definition) is 1. The molecule has 1 aromatic carbocycles. The maximum absolute atomic E-state index is 13.3. The van der Waals surface area contributed by atoms with Crippen molar-refractivity contribution in [3.05, 3.63) is 41.0 Å². The molecule has 1 aromatic rings. The summed E-state index contributed by atoms with van der Waals surface area (Å²) in [7, 11) is -3.44. The molecule has 3 heterocycles. The van der Waals surface area contributed by atoms with Crippen LogP contribution < -0.4 is 10.0 Å². The van der Waals surface area contributed by atoms with Crippen LogP contribution in [0.4, 0.5) is 5.69 Å². The second-order valence-electron chi connectivity index (χ2n) is 9.94. The molecule has 10 heteroatoms. The van der Waals surface area contributed by atoms with Crippen LogP contribution in [-0.4, -0.2) is 80.9 Å². The molecule has 3 aliphatic heterocycles. The minimum Gasteiger partial charge on any atom is -0.366 e. The van der Waals surface area contributed by atoms with Gasteiger partial charge in [-0.15, -0.1) is 0 Å². The van der Waals surface area contributed by atoms with E-state index in [-0.39, 0.29) is 28.2 Å². The van der Waals surface area contributed by atoms with Crippen molar-refractivity contribution in [2.75, 3.05) is 49.3 Å². The number of primary amides is 1. The predicted octanol–water partition coefficient (Wildman–Crippen LogP) is 2.25. The van der Waals surface area contributed by atoms with E-state index in [0.29, 0.717) is 44.8 Å². The zero-order valence-electron chi connectivity index (χ0n) is 20.8. The lowest BCUT2D eigenvalue weighted by molar-refractivity contribution is 0.0687. The first-order chi connectivity index (χ1) is 16.5. The Hall–Kier alpha value is -2.88. The number of benzene rings is 1. The number of nitrogens with zero attached hydrogens (tertiary/aromatic N) is 4. The van der Waals surface area contributed by atoms with E-state index in [4.69, 9.17) is 10.7 Å². The van der Waals surface area contributed by atoms with Gasteiger partial charge >= 0.3 is 0 Å². The summed E-state index contributed by atoms with van der Waals surface area (Å²) in [5.74, 6) is 0.0389. The van der Waals surface area contributed by atoms with Crippen molar-refractivity contribution in [2.24, 2.45) is 16.1 Å². The number of amidine groups is 1. The molecule has 0 aromatic heterocycles. The van der Waals surface area contributed by atoms with Crippen LogP contribution in [-0.2, 0) is 10.0 Å². The van der Waals surface area contributed by atoms with Gasteiger partial charge in [-0.05, 0) is 50.0 Å². The molecular weight excluding hydrogens is 466 g/mol. The number of carbonyl (C=O) groups excluding carboxylic acids is 2. The van der Waals surface area contributed by atoms with Gasteiger partial charge in [0.1, 0.15) is 5.84 Å². The van der Waals surface area contributed by atoms with Crippen molar-refractivity contribution >= 4 is 33.4 Å². The SMILES string of the molecule is CCC1(C)C=C(C)C(N2CCN(C(=O)c3ccc(N4CCCCS4(=O)=O)cc3C(N)=O)CC2)=NC1. The molecule has 35 heavy (non-hydrogen) atoms. The molecule has 0 bridgehead atoms. The van der Waals surface area contributed by atoms with E-state index in [1.54, 1.807) is 11.0 Å². The zero-order valence-corrected chi connectivity index (χ0v) is 21.6. The highest BCUT2D eigenvalue weighted by atomic mass is 32.2. The van der Waals surface area contributed by atoms with Gasteiger partial charge in [-0.3, -0.25) is 18.9 Å². The van der Waals surface area contributed by atoms with E-state index >= 15 is 0 Å². The van der Waals surface area contributed by atoms with Crippen LogP contribution in [0.15, 0.2) is 34.8 Å². The Morgan fingerprint density at radius 1 is 1.09 bits per heavy atom. The molecule has 9 nitrogen and oxygen atoms in total. The molecule has 190 valence electrons. The number of hydrogen-bond acceptors (Lipinski definition) is 6. The van der Waals surface area contributed by atoms with Gasteiger partial charge in [0.2, 0.25) is 15.9 Å². The van der Waals surface area contributed by atoms with Crippen LogP contribution >= 0.6 is 0 Å². The second-order valence-corrected chi connectivity index (χ2v) is 12.0. The van der Waals surface area contributed by atoms with Gasteiger partial charge in [-0.1, -0.05) is 19.9 Å². The lowest BCUT2D eigenvalue weighted by atomic mass is 9.83. The number of anilines is 1. The Bertz CT molecular complexity index is 1180. The van der Waals surface area contributed by atoms with Gasteiger partial charge in [0.05, 0.1) is 29.1 Å². The summed E-state index contributed by atoms with van der Waals surface area (Å²) in [6.07, 6.45) is 4.70. The molecule has 2 N–H and O–H groups in total. The van der Waals surface area contributed by atoms with Crippen LogP contribution in [0.3, 0.4) is 0 Å². The van der Waals surface area contributed by atoms with E-state index in [1.165, 1.54) is 22.0 Å². The molecule has 3 aliphatic rings. The Labute approximate surface area is 207 Å². The monoisotopic (exact) mass is 501 g/mol. The Balaban J connectivity index is 1.49. The van der Waals surface area contributed by atoms with E-state index in [9.17, 15) is 18.0 Å². The first-order valence-corrected chi connectivity index (χ1v) is 13.9. The number of piperazine rings is 1. The quantitative estimate of drug-likeness (QED) is 0.679. The summed E-state index contributed by atoms with van der Waals surface area (Å²) in [6, 6.07) is 4.55. The number of aliphatic imine (C=N–C) groups is 1. The Kier molecular flexibility index (Phi) is 6.95. The fourth-order valence-corrected chi connectivity index (χ4v) is 6.66. The highest BCUT2D eigenvalue weighted by molar-refractivity contribution is 7.92. The number of carbonyl (C=O) groups is 2. The molecule has 0 saturated carbocycles. The second kappa shape index (κ2) is 9.64. The summed E-state index contributed by atoms with van der Waals surface area (Å²) < 4.78 is 26.3. The summed E-state index contributed by atoms with van der Waals surface area (Å²) >= 11 is 0. The van der Waals surface area contributed by atoms with E-state index in [1.807, 2.05) is 0 Å². The highest BCUT2D eigenvalue weighted by Crippen LogP contribution is 2.30. The van der Waals surface area contributed by atoms with E-state index in [2.05, 4.69) is 31.7 Å². The van der Waals surface area contributed by atoms with Gasteiger partial charge in [-0.2, -0.15) is 0 Å². The van der Waals surface area contributed by atoms with Gasteiger partial charge in [0.25, 0.3) is 5.91 Å². The standard InChI is InChI=1S/C25H35N5O4S/c1-4-25(3)16-18(2)23(27-17-25)28-10-12-29(13-11-28)24(32)20-8-7-19(15-21(20)22(26)31)30-9-5-6-14-35(30,33)34/h7-8,15-16H,4-6,9-14,17H2,1-3H3,(H2,26,31). The van der Waals surface area contributed by atoms with Crippen LogP contribution in [0.5, 0.6) is 0 Å². The third-order valence-corrected chi connectivity index (χ3v) is 9.19. The lowest BCUT2D eigenvalue weighted by Crippen LogP contribution is -2.51. The Morgan fingerprint density at radius 2 is 1.80 bits per heavy atom. The third kappa shape index (κ3) is 5.07. The van der Waals surface area contributed by atoms with Crippen molar-refractivity contribution < 1.29 is 18.0 Å². The fourth-order valence-electron chi connectivity index (χ4n) is 5.02. The summed E-state index contributed by atoms with van der Waals surface area (Å²) in [5.41, 5.74) is 7.49. The van der Waals surface area contributed by atoms with Gasteiger partial charge in [-0.25, -0.2) is 8.42 Å². The minimum atomic E-state index is -3.44. The molecule has 0 spiro atoms. The maximum Gasteiger partial charge on any atom is 0.254 e. The molecule has 0 aliphatic carbocycles. The largest absolute Gasteiger partial charge is 0.366 e. The molecule has 1 unspecified atom stereocenters. The molecular formula is C25H35N5O4S. The van der Waals surface area contributed by atoms with Gasteiger partial charge < -0.3 is 15.5 Å². The Morgan fingerprint density at radius 3 is 2.40 bits per heavy atom. The molecule has 0 radical (unpaired) electrons. The average Bonchev–Trinajstić information content (AvgIpc) is 2.83. The smallest absolute Gasteiger partial charge is 0.254 e. The summed E-state index contributed by atoms with van der Waals surface area (Å²) in [6.45, 7) is 9.88. The molecule has 2 fully saturated rings. The average molecular weight is 502 g/mol. The number of amides is 2. The fraction of sp³-hybridized carbons (Fsp3) is 0.560. The normalized spacial score (nSPS) is 24.6. The topological polar surface area (TPSA) is 116 Å². The highest BCUT2D eigenvalue weighted by Gasteiger charge is 2.31. The number of rotatable bonds is 4. The van der Waals surface area contributed by atoms with Crippen molar-refractivity contribution in [3.8, 4) is 0 Å². The third-order valence-electron chi connectivity index (χ3n) is 7.32.